The molecule has 140 valence electrons. The first-order valence-corrected chi connectivity index (χ1v) is 9.66. The minimum Gasteiger partial charge on any atom is -0.490 e. The van der Waals surface area contributed by atoms with Crippen molar-refractivity contribution in [3.05, 3.63) is 63.8 Å². The fourth-order valence-electron chi connectivity index (χ4n) is 3.41. The zero-order chi connectivity index (χ0) is 18.8. The largest absolute Gasteiger partial charge is 0.490 e. The average molecular weight is 430 g/mol. The Kier molecular flexibility index (Phi) is 5.18. The second-order valence-corrected chi connectivity index (χ2v) is 7.30. The van der Waals surface area contributed by atoms with Crippen molar-refractivity contribution in [3.63, 3.8) is 0 Å². The van der Waals surface area contributed by atoms with Crippen LogP contribution in [0.4, 0.5) is 0 Å². The van der Waals surface area contributed by atoms with Crippen LogP contribution in [0.3, 0.4) is 0 Å². The van der Waals surface area contributed by atoms with Crippen molar-refractivity contribution in [1.82, 2.24) is 4.90 Å². The number of nitrogens with zero attached hydrogens (tertiary/aromatic N) is 1. The van der Waals surface area contributed by atoms with Gasteiger partial charge in [0.15, 0.2) is 4.67 Å². The molecular weight excluding hydrogens is 410 g/mol. The number of fused-ring (bicyclic) bond motifs is 2. The highest BCUT2D eigenvalue weighted by atomic mass is 79.9. The van der Waals surface area contributed by atoms with Crippen molar-refractivity contribution in [3.8, 4) is 5.75 Å². The number of furan rings is 1. The molecule has 0 aliphatic carbocycles. The summed E-state index contributed by atoms with van der Waals surface area (Å²) in [6.45, 7) is 2.20. The molecule has 2 aromatic carbocycles. The van der Waals surface area contributed by atoms with Gasteiger partial charge in [-0.15, -0.1) is 0 Å². The highest BCUT2D eigenvalue weighted by Crippen LogP contribution is 2.33. The van der Waals surface area contributed by atoms with Crippen LogP contribution in [0.1, 0.15) is 21.5 Å². The Morgan fingerprint density at radius 2 is 2.00 bits per heavy atom. The van der Waals surface area contributed by atoms with E-state index in [-0.39, 0.29) is 5.91 Å². The summed E-state index contributed by atoms with van der Waals surface area (Å²) in [4.78, 5) is 15.0. The van der Waals surface area contributed by atoms with Crippen molar-refractivity contribution in [1.29, 1.82) is 0 Å². The molecule has 0 radical (unpaired) electrons. The number of methoxy groups -OCH3 is 1. The van der Waals surface area contributed by atoms with Gasteiger partial charge in [0.2, 0.25) is 0 Å². The summed E-state index contributed by atoms with van der Waals surface area (Å²) in [6.07, 6.45) is 0.869. The van der Waals surface area contributed by atoms with Crippen LogP contribution in [-0.2, 0) is 17.7 Å². The number of halogens is 1. The van der Waals surface area contributed by atoms with E-state index < -0.39 is 0 Å². The molecule has 4 rings (SSSR count). The van der Waals surface area contributed by atoms with Gasteiger partial charge in [0, 0.05) is 31.8 Å². The Labute approximate surface area is 166 Å². The van der Waals surface area contributed by atoms with Crippen LogP contribution < -0.4 is 4.74 Å². The van der Waals surface area contributed by atoms with Gasteiger partial charge in [-0.3, -0.25) is 4.79 Å². The van der Waals surface area contributed by atoms with Crippen molar-refractivity contribution in [2.24, 2.45) is 0 Å². The average Bonchev–Trinajstić information content (AvgIpc) is 3.07. The van der Waals surface area contributed by atoms with Gasteiger partial charge in [-0.25, -0.2) is 0 Å². The lowest BCUT2D eigenvalue weighted by Crippen LogP contribution is -2.35. The number of rotatable bonds is 5. The van der Waals surface area contributed by atoms with Gasteiger partial charge in [-0.2, -0.15) is 0 Å². The Morgan fingerprint density at radius 3 is 2.81 bits per heavy atom. The number of carbonyl (C=O) groups is 1. The van der Waals surface area contributed by atoms with Crippen molar-refractivity contribution in [2.45, 2.75) is 13.0 Å². The zero-order valence-electron chi connectivity index (χ0n) is 15.0. The van der Waals surface area contributed by atoms with Crippen LogP contribution >= 0.6 is 15.9 Å². The predicted molar refractivity (Wildman–Crippen MR) is 106 cm³/mol. The second kappa shape index (κ2) is 7.74. The summed E-state index contributed by atoms with van der Waals surface area (Å²) in [5.41, 5.74) is 3.71. The first kappa shape index (κ1) is 18.1. The summed E-state index contributed by atoms with van der Waals surface area (Å²) in [5.74, 6) is 0.607. The van der Waals surface area contributed by atoms with E-state index in [0.29, 0.717) is 47.9 Å². The molecule has 0 N–H and O–H groups in total. The molecule has 6 heteroatoms. The molecule has 1 aliphatic heterocycles. The maximum absolute atomic E-state index is 13.1. The Morgan fingerprint density at radius 1 is 1.19 bits per heavy atom. The Balaban J connectivity index is 1.63. The Hall–Kier alpha value is -2.31. The van der Waals surface area contributed by atoms with Crippen LogP contribution in [0.2, 0.25) is 0 Å². The molecule has 0 atom stereocenters. The topological polar surface area (TPSA) is 51.9 Å². The van der Waals surface area contributed by atoms with E-state index in [2.05, 4.69) is 28.1 Å². The summed E-state index contributed by atoms with van der Waals surface area (Å²) in [7, 11) is 1.63. The van der Waals surface area contributed by atoms with E-state index in [1.54, 1.807) is 19.2 Å². The van der Waals surface area contributed by atoms with Crippen LogP contribution in [0.15, 0.2) is 51.6 Å². The molecule has 1 amide bonds. The third-order valence-electron chi connectivity index (χ3n) is 4.78. The smallest absolute Gasteiger partial charge is 0.254 e. The Bertz CT molecular complexity index is 981. The fraction of sp³-hybridized carbons (Fsp3) is 0.286. The molecule has 2 heterocycles. The number of amides is 1. The number of hydrogen-bond donors (Lipinski definition) is 0. The van der Waals surface area contributed by atoms with E-state index in [4.69, 9.17) is 13.9 Å². The zero-order valence-corrected chi connectivity index (χ0v) is 16.6. The summed E-state index contributed by atoms with van der Waals surface area (Å²) >= 11 is 3.35. The molecule has 27 heavy (non-hydrogen) atoms. The van der Waals surface area contributed by atoms with Gasteiger partial charge in [0.05, 0.1) is 12.0 Å². The van der Waals surface area contributed by atoms with Gasteiger partial charge in [-0.05, 0) is 45.6 Å². The minimum atomic E-state index is -0.0180. The quantitative estimate of drug-likeness (QED) is 0.563. The minimum absolute atomic E-state index is 0.0180. The first-order valence-electron chi connectivity index (χ1n) is 8.86. The van der Waals surface area contributed by atoms with Crippen molar-refractivity contribution in [2.75, 3.05) is 26.9 Å². The second-order valence-electron chi connectivity index (χ2n) is 6.52. The monoisotopic (exact) mass is 429 g/mol. The molecule has 5 nitrogen and oxygen atoms in total. The van der Waals surface area contributed by atoms with E-state index in [1.807, 2.05) is 23.1 Å². The van der Waals surface area contributed by atoms with Gasteiger partial charge in [0.1, 0.15) is 17.9 Å². The number of benzene rings is 2. The summed E-state index contributed by atoms with van der Waals surface area (Å²) < 4.78 is 17.2. The molecule has 0 fully saturated rings. The first-order chi connectivity index (χ1) is 13.2. The van der Waals surface area contributed by atoms with Crippen molar-refractivity contribution >= 4 is 32.8 Å². The highest BCUT2D eigenvalue weighted by molar-refractivity contribution is 9.10. The molecule has 0 saturated carbocycles. The van der Waals surface area contributed by atoms with E-state index in [1.165, 1.54) is 11.1 Å². The maximum Gasteiger partial charge on any atom is 0.254 e. The van der Waals surface area contributed by atoms with E-state index in [9.17, 15) is 4.79 Å². The highest BCUT2D eigenvalue weighted by Gasteiger charge is 2.23. The number of carbonyl (C=O) groups excluding carboxylic acids is 1. The van der Waals surface area contributed by atoms with Gasteiger partial charge in [0.25, 0.3) is 5.91 Å². The molecule has 3 aromatic rings. The third-order valence-corrected chi connectivity index (χ3v) is 5.17. The predicted octanol–water partition coefficient (Wildman–Crippen LogP) is 4.42. The van der Waals surface area contributed by atoms with E-state index >= 15 is 0 Å². The normalized spacial score (nSPS) is 13.6. The fourth-order valence-corrected chi connectivity index (χ4v) is 3.81. The van der Waals surface area contributed by atoms with Crippen LogP contribution in [0.5, 0.6) is 5.75 Å². The van der Waals surface area contributed by atoms with Gasteiger partial charge >= 0.3 is 0 Å². The molecule has 0 spiro atoms. The summed E-state index contributed by atoms with van der Waals surface area (Å²) in [5, 5.41) is 0.832. The molecule has 0 unspecified atom stereocenters. The lowest BCUT2D eigenvalue weighted by Gasteiger charge is -2.29. The van der Waals surface area contributed by atoms with Crippen LogP contribution in [0, 0.1) is 0 Å². The molecular formula is C21H20BrNO4. The number of ether oxygens (including phenoxy) is 2. The molecule has 1 aliphatic rings. The number of hydrogen-bond acceptors (Lipinski definition) is 4. The summed E-state index contributed by atoms with van der Waals surface area (Å²) in [6, 6.07) is 13.7. The van der Waals surface area contributed by atoms with Gasteiger partial charge < -0.3 is 18.8 Å². The van der Waals surface area contributed by atoms with Crippen molar-refractivity contribution < 1.29 is 18.7 Å². The van der Waals surface area contributed by atoms with E-state index in [0.717, 1.165) is 11.8 Å². The SMILES string of the molecule is COCCOc1cc(C(=O)N2CCc3ccccc3C2)cc2oc(Br)cc12. The van der Waals surface area contributed by atoms with Crippen LogP contribution in [-0.4, -0.2) is 37.7 Å². The standard InChI is InChI=1S/C21H20BrNO4/c1-25-8-9-26-18-10-16(11-19-17(18)12-20(22)27-19)21(24)23-7-6-14-4-2-3-5-15(14)13-23/h2-5,10-12H,6-9,13H2,1H3. The van der Waals surface area contributed by atoms with Crippen LogP contribution in [0.25, 0.3) is 11.0 Å². The molecule has 1 aromatic heterocycles. The molecule has 0 bridgehead atoms. The third kappa shape index (κ3) is 3.73. The lowest BCUT2D eigenvalue weighted by atomic mass is 9.99. The van der Waals surface area contributed by atoms with Gasteiger partial charge in [-0.1, -0.05) is 24.3 Å². The lowest BCUT2D eigenvalue weighted by molar-refractivity contribution is 0.0734. The maximum atomic E-state index is 13.1. The molecule has 0 saturated heterocycles.